The summed E-state index contributed by atoms with van der Waals surface area (Å²) in [4.78, 5) is 38.9. The number of rotatable bonds is 10. The highest BCUT2D eigenvalue weighted by Gasteiger charge is 2.30. The molecule has 0 radical (unpaired) electrons. The van der Waals surface area contributed by atoms with Crippen molar-refractivity contribution in [3.63, 3.8) is 0 Å². The Morgan fingerprint density at radius 2 is 1.34 bits per heavy atom. The summed E-state index contributed by atoms with van der Waals surface area (Å²) in [6, 6.07) is 29.9. The third-order valence-electron chi connectivity index (χ3n) is 8.04. The van der Waals surface area contributed by atoms with Gasteiger partial charge in [-0.05, 0) is 133 Å². The van der Waals surface area contributed by atoms with Crippen molar-refractivity contribution in [2.45, 2.75) is 48.9 Å². The fourth-order valence-corrected chi connectivity index (χ4v) is 6.29. The molecular weight excluding hydrogens is 673 g/mol. The Hall–Kier alpha value is -5.40. The molecule has 1 aliphatic carbocycles. The lowest BCUT2D eigenvalue weighted by Crippen LogP contribution is -2.33. The number of alkyl halides is 3. The highest BCUT2D eigenvalue weighted by molar-refractivity contribution is 7.97. The summed E-state index contributed by atoms with van der Waals surface area (Å²) >= 11 is 1.36. The fraction of sp³-hybridized carbons (Fsp3) is 0.189. The van der Waals surface area contributed by atoms with Crippen LogP contribution >= 0.6 is 11.9 Å². The van der Waals surface area contributed by atoms with Crippen molar-refractivity contribution >= 4 is 40.3 Å². The second-order valence-corrected chi connectivity index (χ2v) is 12.3. The molecule has 1 amide bonds. The molecule has 0 heterocycles. The maximum Gasteiger partial charge on any atom is 0.416 e. The summed E-state index contributed by atoms with van der Waals surface area (Å²) in [5.41, 5.74) is -0.0650. The van der Waals surface area contributed by atoms with E-state index in [1.54, 1.807) is 36.4 Å². The van der Waals surface area contributed by atoms with E-state index in [1.807, 2.05) is 36.4 Å². The normalized spacial score (nSPS) is 15.7. The molecule has 0 saturated heterocycles. The van der Waals surface area contributed by atoms with Crippen LogP contribution in [0.5, 0.6) is 17.2 Å². The van der Waals surface area contributed by atoms with E-state index < -0.39 is 23.6 Å². The van der Waals surface area contributed by atoms with E-state index in [4.69, 9.17) is 19.4 Å². The van der Waals surface area contributed by atoms with Crippen LogP contribution in [0.2, 0.25) is 0 Å². The summed E-state index contributed by atoms with van der Waals surface area (Å²) in [5, 5.41) is 14.0. The molecule has 1 fully saturated rings. The highest BCUT2D eigenvalue weighted by atomic mass is 32.2. The summed E-state index contributed by atoms with van der Waals surface area (Å²) in [5.74, 6) is 0.398. The maximum absolute atomic E-state index is 12.8. The molecule has 6 rings (SSSR count). The molecule has 258 valence electrons. The van der Waals surface area contributed by atoms with Crippen LogP contribution in [0.25, 0.3) is 10.8 Å². The van der Waals surface area contributed by atoms with Gasteiger partial charge in [-0.15, -0.1) is 0 Å². The Morgan fingerprint density at radius 3 is 1.98 bits per heavy atom. The van der Waals surface area contributed by atoms with Crippen molar-refractivity contribution in [2.75, 3.05) is 5.32 Å². The van der Waals surface area contributed by atoms with Crippen LogP contribution in [0.3, 0.4) is 0 Å². The number of amides is 1. The van der Waals surface area contributed by atoms with E-state index in [9.17, 15) is 27.9 Å². The standard InChI is InChI=1S/C37H31F3N2O5S.O2/c38-37(39,40)26-9-19-32(20-10-26)48-42-27-11-17-29(18-12-27)47-31-16-8-24-21-30(15-7-25(24)22-31)46-28-13-5-23(6-14-28)35(43)41-34-4-2-1-3-33(34)36(44)45;1-2/h1-10,13-16,19-22,27,29,42H,11-12,17-18H2,(H,41,43)(H,44,45);. The minimum atomic E-state index is -4.34. The monoisotopic (exact) mass is 704 g/mol. The minimum absolute atomic E-state index is 0.00913. The number of ether oxygens (including phenoxy) is 2. The number of para-hydroxylation sites is 1. The Balaban J connectivity index is 0.00000239. The number of nitrogens with one attached hydrogen (secondary N) is 2. The molecule has 0 aliphatic heterocycles. The first-order valence-electron chi connectivity index (χ1n) is 15.5. The second kappa shape index (κ2) is 16.3. The lowest BCUT2D eigenvalue weighted by atomic mass is 9.93. The van der Waals surface area contributed by atoms with Gasteiger partial charge in [-0.25, -0.2) is 4.79 Å². The molecule has 50 heavy (non-hydrogen) atoms. The van der Waals surface area contributed by atoms with Crippen LogP contribution in [-0.4, -0.2) is 29.1 Å². The first-order chi connectivity index (χ1) is 24.1. The number of carbonyl (C=O) groups is 2. The third-order valence-corrected chi connectivity index (χ3v) is 9.00. The average Bonchev–Trinajstić information content (AvgIpc) is 3.12. The highest BCUT2D eigenvalue weighted by Crippen LogP contribution is 2.33. The van der Waals surface area contributed by atoms with Crippen molar-refractivity contribution in [1.82, 2.24) is 4.72 Å². The fourth-order valence-electron chi connectivity index (χ4n) is 5.48. The molecule has 9 nitrogen and oxygen atoms in total. The zero-order valence-corrected chi connectivity index (χ0v) is 27.1. The Morgan fingerprint density at radius 1 is 0.740 bits per heavy atom. The van der Waals surface area contributed by atoms with Crippen LogP contribution in [0.1, 0.15) is 52.0 Å². The number of carboxylic acid groups (broad SMARTS) is 1. The summed E-state index contributed by atoms with van der Waals surface area (Å²) in [6.07, 6.45) is -0.722. The third kappa shape index (κ3) is 9.39. The molecular formula is C37H31F3N2O7S. The van der Waals surface area contributed by atoms with E-state index >= 15 is 0 Å². The van der Waals surface area contributed by atoms with Crippen LogP contribution in [0.4, 0.5) is 18.9 Å². The zero-order chi connectivity index (χ0) is 35.7. The van der Waals surface area contributed by atoms with E-state index in [0.29, 0.717) is 17.1 Å². The van der Waals surface area contributed by atoms with Gasteiger partial charge < -0.3 is 19.9 Å². The molecule has 0 bridgehead atoms. The number of hydrogen-bond donors (Lipinski definition) is 3. The van der Waals surface area contributed by atoms with E-state index in [0.717, 1.165) is 59.2 Å². The molecule has 1 saturated carbocycles. The number of anilines is 1. The summed E-state index contributed by atoms with van der Waals surface area (Å²) in [6.45, 7) is 0. The van der Waals surface area contributed by atoms with Gasteiger partial charge in [0.15, 0.2) is 0 Å². The van der Waals surface area contributed by atoms with Crippen molar-refractivity contribution in [2.24, 2.45) is 0 Å². The predicted molar refractivity (Wildman–Crippen MR) is 186 cm³/mol. The lowest BCUT2D eigenvalue weighted by Gasteiger charge is -2.29. The smallest absolute Gasteiger partial charge is 0.416 e. The quantitative estimate of drug-likeness (QED) is 0.122. The van der Waals surface area contributed by atoms with Gasteiger partial charge in [0.2, 0.25) is 0 Å². The van der Waals surface area contributed by atoms with Crippen molar-refractivity contribution in [1.29, 1.82) is 0 Å². The average molecular weight is 705 g/mol. The summed E-state index contributed by atoms with van der Waals surface area (Å²) < 4.78 is 54.1. The van der Waals surface area contributed by atoms with Gasteiger partial charge in [-0.3, -0.25) is 9.52 Å². The van der Waals surface area contributed by atoms with Crippen LogP contribution in [0, 0.1) is 9.93 Å². The SMILES string of the molecule is O=C(Nc1ccccc1C(=O)O)c1ccc(Oc2ccc3cc(OC4CCC(NSc5ccc(C(F)(F)F)cc5)CC4)ccc3c2)cc1.O=O. The minimum Gasteiger partial charge on any atom is -0.490 e. The summed E-state index contributed by atoms with van der Waals surface area (Å²) in [7, 11) is 0. The number of benzene rings is 5. The first-order valence-corrected chi connectivity index (χ1v) is 16.3. The Bertz CT molecular complexity index is 1930. The topological polar surface area (TPSA) is 131 Å². The van der Waals surface area contributed by atoms with E-state index in [2.05, 4.69) is 10.0 Å². The number of fused-ring (bicyclic) bond motifs is 1. The zero-order valence-electron chi connectivity index (χ0n) is 26.3. The number of carbonyl (C=O) groups excluding carboxylic acids is 1. The van der Waals surface area contributed by atoms with E-state index in [-0.39, 0.29) is 23.4 Å². The van der Waals surface area contributed by atoms with Crippen LogP contribution in [0.15, 0.2) is 114 Å². The first kappa shape index (κ1) is 35.9. The van der Waals surface area contributed by atoms with Gasteiger partial charge in [0.1, 0.15) is 17.2 Å². The van der Waals surface area contributed by atoms with Gasteiger partial charge >= 0.3 is 12.1 Å². The van der Waals surface area contributed by atoms with Gasteiger partial charge in [0.25, 0.3) is 5.91 Å². The molecule has 0 spiro atoms. The molecule has 0 atom stereocenters. The Labute approximate surface area is 289 Å². The number of hydrogen-bond acceptors (Lipinski definition) is 8. The number of halogens is 3. The molecule has 0 aromatic heterocycles. The van der Waals surface area contributed by atoms with Gasteiger partial charge in [-0.2, -0.15) is 13.2 Å². The molecule has 0 unspecified atom stereocenters. The predicted octanol–water partition coefficient (Wildman–Crippen LogP) is 9.66. The second-order valence-electron chi connectivity index (χ2n) is 11.4. The van der Waals surface area contributed by atoms with Crippen molar-refractivity contribution in [3.05, 3.63) is 136 Å². The van der Waals surface area contributed by atoms with Gasteiger partial charge in [0, 0.05) is 26.4 Å². The number of carboxylic acids is 1. The number of aromatic carboxylic acids is 1. The lowest BCUT2D eigenvalue weighted by molar-refractivity contribution is -0.137. The Kier molecular flexibility index (Phi) is 11.7. The maximum atomic E-state index is 12.8. The van der Waals surface area contributed by atoms with Crippen molar-refractivity contribution < 1.29 is 37.3 Å². The molecule has 3 N–H and O–H groups in total. The van der Waals surface area contributed by atoms with Crippen LogP contribution in [-0.2, 0) is 6.18 Å². The van der Waals surface area contributed by atoms with Crippen LogP contribution < -0.4 is 19.5 Å². The van der Waals surface area contributed by atoms with Gasteiger partial charge in [-0.1, -0.05) is 24.3 Å². The molecule has 5 aromatic carbocycles. The molecule has 1 aliphatic rings. The molecule has 5 aromatic rings. The van der Waals surface area contributed by atoms with Gasteiger partial charge in [0.05, 0.1) is 22.9 Å². The molecule has 13 heteroatoms. The van der Waals surface area contributed by atoms with Crippen molar-refractivity contribution in [3.8, 4) is 17.2 Å². The van der Waals surface area contributed by atoms with E-state index in [1.165, 1.54) is 36.2 Å². The largest absolute Gasteiger partial charge is 0.490 e.